The van der Waals surface area contributed by atoms with Crippen LogP contribution in [0.1, 0.15) is 43.5 Å². The predicted octanol–water partition coefficient (Wildman–Crippen LogP) is 2.89. The lowest BCUT2D eigenvalue weighted by Crippen LogP contribution is -2.50. The van der Waals surface area contributed by atoms with Crippen LogP contribution < -0.4 is 0 Å². The molecule has 6 heteroatoms. The summed E-state index contributed by atoms with van der Waals surface area (Å²) in [6.45, 7) is 8.14. The van der Waals surface area contributed by atoms with E-state index in [0.29, 0.717) is 13.1 Å². The van der Waals surface area contributed by atoms with Crippen molar-refractivity contribution >= 4 is 11.9 Å². The maximum absolute atomic E-state index is 13.0. The fourth-order valence-electron chi connectivity index (χ4n) is 6.97. The smallest absolute Gasteiger partial charge is 0.310 e. The largest absolute Gasteiger partial charge is 0.461 e. The van der Waals surface area contributed by atoms with Crippen LogP contribution in [0, 0.1) is 17.8 Å². The van der Waals surface area contributed by atoms with Crippen LogP contribution in [0.25, 0.3) is 0 Å². The van der Waals surface area contributed by atoms with Crippen molar-refractivity contribution in [2.45, 2.75) is 50.4 Å². The Morgan fingerprint density at radius 1 is 1.16 bits per heavy atom. The Hall–Kier alpha value is -2.18. The summed E-state index contributed by atoms with van der Waals surface area (Å²) in [5, 5.41) is 0. The van der Waals surface area contributed by atoms with E-state index in [1.807, 2.05) is 35.2 Å². The summed E-state index contributed by atoms with van der Waals surface area (Å²) in [5.74, 6) is 0.428. The van der Waals surface area contributed by atoms with Gasteiger partial charge in [0.15, 0.2) is 0 Å². The number of carbonyl (C=O) groups is 2. The molecule has 170 valence electrons. The number of esters is 1. The number of fused-ring (bicyclic) bond motifs is 2. The molecule has 1 aromatic rings. The number of nitrogens with zero attached hydrogens (tertiary/aromatic N) is 2. The fourth-order valence-corrected chi connectivity index (χ4v) is 6.97. The minimum absolute atomic E-state index is 0.0399. The Morgan fingerprint density at radius 2 is 1.91 bits per heavy atom. The molecule has 0 radical (unpaired) electrons. The van der Waals surface area contributed by atoms with E-state index in [2.05, 4.69) is 24.8 Å². The van der Waals surface area contributed by atoms with E-state index >= 15 is 0 Å². The summed E-state index contributed by atoms with van der Waals surface area (Å²) in [7, 11) is 0. The number of piperazine rings is 1. The van der Waals surface area contributed by atoms with Gasteiger partial charge >= 0.3 is 5.97 Å². The molecule has 5 aliphatic rings. The third-order valence-corrected chi connectivity index (χ3v) is 8.89. The molecule has 3 heterocycles. The number of amides is 1. The van der Waals surface area contributed by atoms with Crippen LogP contribution in [-0.4, -0.2) is 71.7 Å². The van der Waals surface area contributed by atoms with Crippen molar-refractivity contribution in [2.75, 3.05) is 32.7 Å². The van der Waals surface area contributed by atoms with Gasteiger partial charge in [-0.05, 0) is 45.2 Å². The molecule has 0 unspecified atom stereocenters. The van der Waals surface area contributed by atoms with Crippen molar-refractivity contribution in [2.24, 2.45) is 17.8 Å². The molecule has 6 nitrogen and oxygen atoms in total. The minimum Gasteiger partial charge on any atom is -0.461 e. The molecule has 6 atom stereocenters. The normalized spacial score (nSPS) is 40.6. The lowest BCUT2D eigenvalue weighted by Gasteiger charge is -2.36. The van der Waals surface area contributed by atoms with Crippen molar-refractivity contribution in [3.63, 3.8) is 0 Å². The number of rotatable bonds is 3. The number of epoxide rings is 1. The van der Waals surface area contributed by atoms with Crippen LogP contribution in [0.2, 0.25) is 0 Å². The van der Waals surface area contributed by atoms with Crippen molar-refractivity contribution in [3.8, 4) is 0 Å². The van der Waals surface area contributed by atoms with Crippen LogP contribution in [0.4, 0.5) is 0 Å². The second-order valence-corrected chi connectivity index (χ2v) is 10.5. The molecule has 0 N–H and O–H groups in total. The molecule has 1 aromatic carbocycles. The van der Waals surface area contributed by atoms with Crippen molar-refractivity contribution in [1.29, 1.82) is 0 Å². The van der Waals surface area contributed by atoms with E-state index in [-0.39, 0.29) is 46.9 Å². The van der Waals surface area contributed by atoms with Gasteiger partial charge in [-0.1, -0.05) is 29.8 Å². The molecular formula is C26H32N2O4. The van der Waals surface area contributed by atoms with Crippen LogP contribution in [0.5, 0.6) is 0 Å². The molecular weight excluding hydrogens is 404 g/mol. The number of hydrogen-bond acceptors (Lipinski definition) is 5. The molecule has 32 heavy (non-hydrogen) atoms. The number of hydrogen-bond donors (Lipinski definition) is 0. The monoisotopic (exact) mass is 436 g/mol. The Bertz CT molecular complexity index is 969. The van der Waals surface area contributed by atoms with E-state index in [9.17, 15) is 9.59 Å². The summed E-state index contributed by atoms with van der Waals surface area (Å²) in [6, 6.07) is 9.47. The first-order valence-electron chi connectivity index (χ1n) is 12.1. The Labute approximate surface area is 189 Å². The average molecular weight is 437 g/mol. The number of benzene rings is 1. The highest BCUT2D eigenvalue weighted by molar-refractivity contribution is 5.94. The summed E-state index contributed by atoms with van der Waals surface area (Å²) < 4.78 is 12.4. The average Bonchev–Trinajstić information content (AvgIpc) is 3.12. The van der Waals surface area contributed by atoms with Gasteiger partial charge in [-0.2, -0.15) is 0 Å². The fraction of sp³-hybridized carbons (Fsp3) is 0.615. The quantitative estimate of drug-likeness (QED) is 0.414. The first-order chi connectivity index (χ1) is 15.4. The Kier molecular flexibility index (Phi) is 4.57. The third-order valence-electron chi connectivity index (χ3n) is 8.89. The lowest BCUT2D eigenvalue weighted by molar-refractivity contribution is -0.146. The standard InChI is InChI=1S/C26H32N2O4/c1-17-8-11-26-21(17)22-19(9-10-25(26,2)32-26)20(24(30)31-22)16-27-12-14-28(15-13-27)23(29)18-6-4-3-5-7-18/h3-8,19-22H,9-16H2,1-2H3/t19-,20+,21+,22-,25-,26+/m0/s1. The minimum atomic E-state index is -0.144. The molecule has 1 saturated carbocycles. The van der Waals surface area contributed by atoms with Gasteiger partial charge in [0.25, 0.3) is 5.91 Å². The number of carbonyl (C=O) groups excluding carboxylic acids is 2. The van der Waals surface area contributed by atoms with Crippen LogP contribution >= 0.6 is 0 Å². The second-order valence-electron chi connectivity index (χ2n) is 10.5. The summed E-state index contributed by atoms with van der Waals surface area (Å²) in [6.07, 6.45) is 5.16. The zero-order chi connectivity index (χ0) is 22.1. The highest BCUT2D eigenvalue weighted by Gasteiger charge is 2.75. The van der Waals surface area contributed by atoms with Gasteiger partial charge < -0.3 is 14.4 Å². The zero-order valence-electron chi connectivity index (χ0n) is 19.0. The maximum atomic E-state index is 13.0. The molecule has 2 aliphatic carbocycles. The molecule has 0 aromatic heterocycles. The molecule has 6 rings (SSSR count). The van der Waals surface area contributed by atoms with Crippen LogP contribution in [0.15, 0.2) is 42.0 Å². The van der Waals surface area contributed by atoms with Gasteiger partial charge in [0, 0.05) is 50.1 Å². The van der Waals surface area contributed by atoms with Gasteiger partial charge in [0.05, 0.1) is 11.5 Å². The van der Waals surface area contributed by atoms with Crippen LogP contribution in [-0.2, 0) is 14.3 Å². The third kappa shape index (κ3) is 2.92. The zero-order valence-corrected chi connectivity index (χ0v) is 19.0. The van der Waals surface area contributed by atoms with E-state index in [1.54, 1.807) is 0 Å². The highest BCUT2D eigenvalue weighted by Crippen LogP contribution is 2.67. The molecule has 4 fully saturated rings. The van der Waals surface area contributed by atoms with Crippen molar-refractivity contribution in [1.82, 2.24) is 9.80 Å². The van der Waals surface area contributed by atoms with Crippen molar-refractivity contribution in [3.05, 3.63) is 47.5 Å². The SMILES string of the molecule is CC1=CC[C@]23O[C@@]2(C)CC[C@@H]2[C@H](OC(=O)[C@@H]2CN2CCN(C(=O)c4ccccc4)CC2)[C@@H]13. The molecule has 1 spiro atoms. The molecule has 1 amide bonds. The Balaban J connectivity index is 1.12. The van der Waals surface area contributed by atoms with Crippen molar-refractivity contribution < 1.29 is 19.1 Å². The summed E-state index contributed by atoms with van der Waals surface area (Å²) in [4.78, 5) is 30.0. The second kappa shape index (κ2) is 7.16. The highest BCUT2D eigenvalue weighted by atomic mass is 16.6. The van der Waals surface area contributed by atoms with E-state index in [0.717, 1.165) is 44.5 Å². The van der Waals surface area contributed by atoms with Crippen LogP contribution in [0.3, 0.4) is 0 Å². The van der Waals surface area contributed by atoms with Gasteiger partial charge in [-0.3, -0.25) is 14.5 Å². The summed E-state index contributed by atoms with van der Waals surface area (Å²) in [5.41, 5.74) is 1.85. The predicted molar refractivity (Wildman–Crippen MR) is 119 cm³/mol. The first-order valence-corrected chi connectivity index (χ1v) is 12.1. The molecule has 3 aliphatic heterocycles. The summed E-state index contributed by atoms with van der Waals surface area (Å²) >= 11 is 0. The Morgan fingerprint density at radius 3 is 2.66 bits per heavy atom. The number of ether oxygens (including phenoxy) is 2. The van der Waals surface area contributed by atoms with E-state index in [1.165, 1.54) is 5.57 Å². The van der Waals surface area contributed by atoms with Gasteiger partial charge in [-0.15, -0.1) is 0 Å². The van der Waals surface area contributed by atoms with Gasteiger partial charge in [-0.25, -0.2) is 0 Å². The van der Waals surface area contributed by atoms with Gasteiger partial charge in [0.2, 0.25) is 0 Å². The van der Waals surface area contributed by atoms with E-state index in [4.69, 9.17) is 9.47 Å². The van der Waals surface area contributed by atoms with Gasteiger partial charge in [0.1, 0.15) is 11.7 Å². The topological polar surface area (TPSA) is 62.4 Å². The van der Waals surface area contributed by atoms with E-state index < -0.39 is 0 Å². The molecule has 3 saturated heterocycles. The lowest BCUT2D eigenvalue weighted by atomic mass is 9.77. The molecule has 0 bridgehead atoms. The maximum Gasteiger partial charge on any atom is 0.310 e. The first kappa shape index (κ1) is 20.4.